The maximum Gasteiger partial charge on any atom is 0.325 e. The highest BCUT2D eigenvalue weighted by molar-refractivity contribution is 6.07. The molecule has 0 spiro atoms. The van der Waals surface area contributed by atoms with Crippen molar-refractivity contribution < 1.29 is 18.4 Å². The standard InChI is InChI=1S/C27H31F2N3O2/c28-22-11-9-19(10-12-22)17-27(25(33)32(26(34)30-27)23-6-2-3-7-23)21-13-15-31(16-14-21)18-20-5-1-4-8-24(20)29/h1,4-5,8-12,21,23H,2-3,6-7,13-18H2,(H,30,34)/t27-/m0/s1. The number of benzene rings is 2. The molecule has 1 atom stereocenters. The summed E-state index contributed by atoms with van der Waals surface area (Å²) in [5.74, 6) is -0.713. The quantitative estimate of drug-likeness (QED) is 0.629. The van der Waals surface area contributed by atoms with Crippen molar-refractivity contribution in [2.45, 2.75) is 63.1 Å². The number of urea groups is 1. The van der Waals surface area contributed by atoms with E-state index in [4.69, 9.17) is 0 Å². The lowest BCUT2D eigenvalue weighted by Gasteiger charge is -2.41. The van der Waals surface area contributed by atoms with E-state index < -0.39 is 5.54 Å². The zero-order chi connectivity index (χ0) is 23.7. The predicted octanol–water partition coefficient (Wildman–Crippen LogP) is 4.65. The lowest BCUT2D eigenvalue weighted by molar-refractivity contribution is -0.135. The van der Waals surface area contributed by atoms with Crippen LogP contribution in [0.1, 0.15) is 49.7 Å². The van der Waals surface area contributed by atoms with Gasteiger partial charge in [0.2, 0.25) is 0 Å². The predicted molar refractivity (Wildman–Crippen MR) is 125 cm³/mol. The molecule has 3 fully saturated rings. The summed E-state index contributed by atoms with van der Waals surface area (Å²) in [4.78, 5) is 30.7. The smallest absolute Gasteiger partial charge is 0.322 e. The van der Waals surface area contributed by atoms with Crippen molar-refractivity contribution >= 4 is 11.9 Å². The molecule has 5 nitrogen and oxygen atoms in total. The normalized spacial score (nSPS) is 24.7. The zero-order valence-electron chi connectivity index (χ0n) is 19.3. The molecule has 1 aliphatic carbocycles. The van der Waals surface area contributed by atoms with Crippen molar-refractivity contribution in [3.8, 4) is 0 Å². The summed E-state index contributed by atoms with van der Waals surface area (Å²) < 4.78 is 27.7. The van der Waals surface area contributed by atoms with Gasteiger partial charge in [0.1, 0.15) is 17.2 Å². The number of carbonyl (C=O) groups excluding carboxylic acids is 2. The van der Waals surface area contributed by atoms with Gasteiger partial charge in [-0.05, 0) is 68.5 Å². The molecule has 34 heavy (non-hydrogen) atoms. The van der Waals surface area contributed by atoms with Crippen LogP contribution in [0.5, 0.6) is 0 Å². The van der Waals surface area contributed by atoms with Crippen molar-refractivity contribution in [2.24, 2.45) is 5.92 Å². The van der Waals surface area contributed by atoms with Crippen LogP contribution in [0.4, 0.5) is 13.6 Å². The van der Waals surface area contributed by atoms with Gasteiger partial charge in [-0.15, -0.1) is 0 Å². The topological polar surface area (TPSA) is 52.7 Å². The molecule has 3 amide bonds. The number of imide groups is 1. The number of hydrogen-bond acceptors (Lipinski definition) is 3. The van der Waals surface area contributed by atoms with Crippen LogP contribution in [0, 0.1) is 17.6 Å². The Morgan fingerprint density at radius 2 is 1.59 bits per heavy atom. The number of carbonyl (C=O) groups is 2. The minimum atomic E-state index is -1.03. The number of piperidine rings is 1. The molecule has 180 valence electrons. The first-order chi connectivity index (χ1) is 16.5. The van der Waals surface area contributed by atoms with Crippen molar-refractivity contribution in [1.82, 2.24) is 15.1 Å². The Kier molecular flexibility index (Phi) is 6.38. The van der Waals surface area contributed by atoms with E-state index in [9.17, 15) is 18.4 Å². The Labute approximate surface area is 199 Å². The molecule has 1 saturated carbocycles. The Morgan fingerprint density at radius 1 is 0.912 bits per heavy atom. The average molecular weight is 468 g/mol. The van der Waals surface area contributed by atoms with Crippen LogP contribution in [0.3, 0.4) is 0 Å². The third kappa shape index (κ3) is 4.33. The largest absolute Gasteiger partial charge is 0.325 e. The van der Waals surface area contributed by atoms with Gasteiger partial charge in [0, 0.05) is 24.6 Å². The van der Waals surface area contributed by atoms with Gasteiger partial charge in [0.05, 0.1) is 0 Å². The molecule has 0 bridgehead atoms. The van der Waals surface area contributed by atoms with E-state index in [1.807, 2.05) is 6.07 Å². The van der Waals surface area contributed by atoms with Gasteiger partial charge in [-0.1, -0.05) is 43.2 Å². The summed E-state index contributed by atoms with van der Waals surface area (Å²) in [5, 5.41) is 3.12. The fourth-order valence-electron chi connectivity index (χ4n) is 6.02. The summed E-state index contributed by atoms with van der Waals surface area (Å²) in [6, 6.07) is 12.7. The fraction of sp³-hybridized carbons (Fsp3) is 0.481. The number of nitrogens with zero attached hydrogens (tertiary/aromatic N) is 2. The minimum absolute atomic E-state index is 0.0382. The second kappa shape index (κ2) is 9.45. The molecule has 2 aromatic rings. The number of likely N-dealkylation sites (tertiary alicyclic amines) is 1. The lowest BCUT2D eigenvalue weighted by Crippen LogP contribution is -2.57. The average Bonchev–Trinajstić information content (AvgIpc) is 3.44. The van der Waals surface area contributed by atoms with Crippen molar-refractivity contribution in [3.05, 3.63) is 71.3 Å². The van der Waals surface area contributed by atoms with E-state index in [1.165, 1.54) is 23.1 Å². The summed E-state index contributed by atoms with van der Waals surface area (Å²) in [6.07, 6.45) is 5.56. The number of hydrogen-bond donors (Lipinski definition) is 1. The van der Waals surface area contributed by atoms with Crippen molar-refractivity contribution in [1.29, 1.82) is 0 Å². The Balaban J connectivity index is 1.37. The highest BCUT2D eigenvalue weighted by Gasteiger charge is 2.57. The van der Waals surface area contributed by atoms with E-state index in [-0.39, 0.29) is 35.5 Å². The third-order valence-corrected chi connectivity index (χ3v) is 7.87. The van der Waals surface area contributed by atoms with E-state index in [0.717, 1.165) is 57.2 Å². The van der Waals surface area contributed by atoms with Gasteiger partial charge in [-0.2, -0.15) is 0 Å². The molecule has 2 aromatic carbocycles. The molecule has 0 aromatic heterocycles. The minimum Gasteiger partial charge on any atom is -0.322 e. The molecule has 0 unspecified atom stereocenters. The fourth-order valence-corrected chi connectivity index (χ4v) is 6.02. The summed E-state index contributed by atoms with van der Waals surface area (Å²) in [6.45, 7) is 1.96. The first-order valence-corrected chi connectivity index (χ1v) is 12.3. The molecular formula is C27H31F2N3O2. The highest BCUT2D eigenvalue weighted by atomic mass is 19.1. The van der Waals surface area contributed by atoms with Gasteiger partial charge in [-0.25, -0.2) is 13.6 Å². The van der Waals surface area contributed by atoms with Crippen LogP contribution in [0.2, 0.25) is 0 Å². The van der Waals surface area contributed by atoms with E-state index in [0.29, 0.717) is 18.5 Å². The molecule has 3 aliphatic rings. The van der Waals surface area contributed by atoms with Crippen LogP contribution in [0.25, 0.3) is 0 Å². The first-order valence-electron chi connectivity index (χ1n) is 12.3. The van der Waals surface area contributed by atoms with Gasteiger partial charge in [0.25, 0.3) is 5.91 Å². The molecular weight excluding hydrogens is 436 g/mol. The second-order valence-electron chi connectivity index (χ2n) is 9.96. The van der Waals surface area contributed by atoms with Crippen molar-refractivity contribution in [3.63, 3.8) is 0 Å². The van der Waals surface area contributed by atoms with Gasteiger partial charge >= 0.3 is 6.03 Å². The Hall–Kier alpha value is -2.80. The number of halogens is 2. The first kappa shape index (κ1) is 23.0. The van der Waals surface area contributed by atoms with E-state index in [2.05, 4.69) is 10.2 Å². The Bertz CT molecular complexity index is 1050. The molecule has 7 heteroatoms. The molecule has 0 radical (unpaired) electrons. The van der Waals surface area contributed by atoms with Crippen LogP contribution in [-0.4, -0.2) is 46.4 Å². The molecule has 2 aliphatic heterocycles. The molecule has 5 rings (SSSR count). The Morgan fingerprint density at radius 3 is 2.26 bits per heavy atom. The van der Waals surface area contributed by atoms with Crippen LogP contribution < -0.4 is 5.32 Å². The highest BCUT2D eigenvalue weighted by Crippen LogP contribution is 2.39. The third-order valence-electron chi connectivity index (χ3n) is 7.87. The lowest BCUT2D eigenvalue weighted by atomic mass is 9.73. The SMILES string of the molecule is O=C1N[C@@](Cc2ccc(F)cc2)(C2CCN(Cc3ccccc3F)CC2)C(=O)N1C1CCCC1. The van der Waals surface area contributed by atoms with E-state index in [1.54, 1.807) is 24.3 Å². The van der Waals surface area contributed by atoms with Gasteiger partial charge < -0.3 is 5.32 Å². The zero-order valence-corrected chi connectivity index (χ0v) is 19.3. The summed E-state index contributed by atoms with van der Waals surface area (Å²) in [7, 11) is 0. The van der Waals surface area contributed by atoms with E-state index >= 15 is 0 Å². The van der Waals surface area contributed by atoms with Crippen molar-refractivity contribution in [2.75, 3.05) is 13.1 Å². The molecule has 2 heterocycles. The summed E-state index contributed by atoms with van der Waals surface area (Å²) >= 11 is 0. The van der Waals surface area contributed by atoms with Gasteiger partial charge in [-0.3, -0.25) is 14.6 Å². The molecule has 1 N–H and O–H groups in total. The van der Waals surface area contributed by atoms with Crippen LogP contribution >= 0.6 is 0 Å². The number of rotatable bonds is 6. The van der Waals surface area contributed by atoms with Crippen LogP contribution in [-0.2, 0) is 17.8 Å². The second-order valence-corrected chi connectivity index (χ2v) is 9.96. The monoisotopic (exact) mass is 467 g/mol. The number of amides is 3. The maximum atomic E-state index is 14.1. The number of nitrogens with one attached hydrogen (secondary N) is 1. The summed E-state index contributed by atoms with van der Waals surface area (Å²) in [5.41, 5.74) is 0.471. The maximum absolute atomic E-state index is 14.1. The van der Waals surface area contributed by atoms with Gasteiger partial charge in [0.15, 0.2) is 0 Å². The van der Waals surface area contributed by atoms with Crippen LogP contribution in [0.15, 0.2) is 48.5 Å². The molecule has 2 saturated heterocycles.